The molecule has 2 saturated heterocycles. The lowest BCUT2D eigenvalue weighted by atomic mass is 9.97. The molecule has 21 heavy (non-hydrogen) atoms. The van der Waals surface area contributed by atoms with E-state index in [0.717, 1.165) is 25.6 Å². The van der Waals surface area contributed by atoms with E-state index in [9.17, 15) is 5.11 Å². The highest BCUT2D eigenvalue weighted by molar-refractivity contribution is 5.27. The SMILES string of the molecule is Oc1cccc(CN2CCN(CC3CCNCC3)CC2)c1. The highest BCUT2D eigenvalue weighted by Crippen LogP contribution is 2.17. The number of phenolic OH excluding ortho intramolecular Hbond substituents is 1. The fraction of sp³-hybridized carbons (Fsp3) is 0.647. The summed E-state index contributed by atoms with van der Waals surface area (Å²) in [6, 6.07) is 7.64. The molecule has 2 fully saturated rings. The van der Waals surface area contributed by atoms with Gasteiger partial charge in [-0.3, -0.25) is 4.90 Å². The van der Waals surface area contributed by atoms with Crippen LogP contribution in [0.1, 0.15) is 18.4 Å². The van der Waals surface area contributed by atoms with E-state index in [1.807, 2.05) is 12.1 Å². The molecule has 2 aliphatic rings. The predicted molar refractivity (Wildman–Crippen MR) is 85.4 cm³/mol. The number of piperidine rings is 1. The monoisotopic (exact) mass is 289 g/mol. The predicted octanol–water partition coefficient (Wildman–Crippen LogP) is 1.51. The van der Waals surface area contributed by atoms with Crippen molar-refractivity contribution in [2.45, 2.75) is 19.4 Å². The Morgan fingerprint density at radius 1 is 1.05 bits per heavy atom. The molecule has 0 bridgehead atoms. The van der Waals surface area contributed by atoms with E-state index in [-0.39, 0.29) is 0 Å². The molecule has 116 valence electrons. The van der Waals surface area contributed by atoms with Crippen molar-refractivity contribution in [3.05, 3.63) is 29.8 Å². The van der Waals surface area contributed by atoms with Crippen molar-refractivity contribution in [2.24, 2.45) is 5.92 Å². The maximum absolute atomic E-state index is 9.54. The Hall–Kier alpha value is -1.10. The van der Waals surface area contributed by atoms with Gasteiger partial charge in [-0.1, -0.05) is 12.1 Å². The molecule has 0 spiro atoms. The van der Waals surface area contributed by atoms with Crippen LogP contribution >= 0.6 is 0 Å². The molecule has 0 atom stereocenters. The average Bonchev–Trinajstić information content (AvgIpc) is 2.50. The van der Waals surface area contributed by atoms with Gasteiger partial charge in [0.1, 0.15) is 5.75 Å². The van der Waals surface area contributed by atoms with Crippen LogP contribution in [-0.2, 0) is 6.54 Å². The topological polar surface area (TPSA) is 38.7 Å². The second-order valence-electron chi connectivity index (χ2n) is 6.44. The first-order chi connectivity index (χ1) is 10.3. The maximum atomic E-state index is 9.54. The summed E-state index contributed by atoms with van der Waals surface area (Å²) in [4.78, 5) is 5.13. The van der Waals surface area contributed by atoms with Crippen molar-refractivity contribution >= 4 is 0 Å². The van der Waals surface area contributed by atoms with Gasteiger partial charge in [0.05, 0.1) is 0 Å². The van der Waals surface area contributed by atoms with Gasteiger partial charge in [-0.05, 0) is 49.5 Å². The third kappa shape index (κ3) is 4.43. The first-order valence-corrected chi connectivity index (χ1v) is 8.23. The molecule has 4 nitrogen and oxygen atoms in total. The molecule has 0 unspecified atom stereocenters. The van der Waals surface area contributed by atoms with Crippen LogP contribution in [0.25, 0.3) is 0 Å². The highest BCUT2D eigenvalue weighted by Gasteiger charge is 2.21. The Morgan fingerprint density at radius 2 is 1.76 bits per heavy atom. The van der Waals surface area contributed by atoms with Crippen LogP contribution in [-0.4, -0.2) is 60.7 Å². The zero-order valence-electron chi connectivity index (χ0n) is 12.8. The Bertz CT molecular complexity index is 437. The van der Waals surface area contributed by atoms with Gasteiger partial charge in [0.2, 0.25) is 0 Å². The second kappa shape index (κ2) is 7.25. The van der Waals surface area contributed by atoms with Gasteiger partial charge in [0, 0.05) is 39.3 Å². The van der Waals surface area contributed by atoms with E-state index >= 15 is 0 Å². The van der Waals surface area contributed by atoms with Crippen molar-refractivity contribution in [3.63, 3.8) is 0 Å². The van der Waals surface area contributed by atoms with Crippen LogP contribution in [0.2, 0.25) is 0 Å². The lowest BCUT2D eigenvalue weighted by Crippen LogP contribution is -2.48. The summed E-state index contributed by atoms with van der Waals surface area (Å²) >= 11 is 0. The summed E-state index contributed by atoms with van der Waals surface area (Å²) in [6.07, 6.45) is 2.67. The van der Waals surface area contributed by atoms with Gasteiger partial charge >= 0.3 is 0 Å². The van der Waals surface area contributed by atoms with Crippen LogP contribution in [0, 0.1) is 5.92 Å². The number of nitrogens with one attached hydrogen (secondary N) is 1. The highest BCUT2D eigenvalue weighted by atomic mass is 16.3. The summed E-state index contributed by atoms with van der Waals surface area (Å²) in [6.45, 7) is 9.27. The summed E-state index contributed by atoms with van der Waals surface area (Å²) in [5.41, 5.74) is 1.21. The molecule has 2 heterocycles. The molecule has 3 rings (SSSR count). The van der Waals surface area contributed by atoms with Crippen molar-refractivity contribution < 1.29 is 5.11 Å². The molecular formula is C17H27N3O. The molecular weight excluding hydrogens is 262 g/mol. The van der Waals surface area contributed by atoms with Crippen LogP contribution < -0.4 is 5.32 Å². The van der Waals surface area contributed by atoms with Gasteiger partial charge in [-0.15, -0.1) is 0 Å². The summed E-state index contributed by atoms with van der Waals surface area (Å²) in [7, 11) is 0. The minimum absolute atomic E-state index is 0.372. The van der Waals surface area contributed by atoms with E-state index in [0.29, 0.717) is 5.75 Å². The molecule has 0 aromatic heterocycles. The molecule has 2 aliphatic heterocycles. The Kier molecular flexibility index (Phi) is 5.12. The van der Waals surface area contributed by atoms with Gasteiger partial charge in [-0.2, -0.15) is 0 Å². The van der Waals surface area contributed by atoms with Crippen LogP contribution in [0.3, 0.4) is 0 Å². The lowest BCUT2D eigenvalue weighted by molar-refractivity contribution is 0.107. The van der Waals surface area contributed by atoms with Crippen LogP contribution in [0.4, 0.5) is 0 Å². The van der Waals surface area contributed by atoms with E-state index in [2.05, 4.69) is 21.2 Å². The lowest BCUT2D eigenvalue weighted by Gasteiger charge is -2.37. The Labute approximate surface area is 127 Å². The molecule has 2 N–H and O–H groups in total. The molecule has 0 amide bonds. The Balaban J connectivity index is 1.42. The number of rotatable bonds is 4. The van der Waals surface area contributed by atoms with Crippen molar-refractivity contribution in [1.29, 1.82) is 0 Å². The van der Waals surface area contributed by atoms with Crippen molar-refractivity contribution in [3.8, 4) is 5.75 Å². The summed E-state index contributed by atoms with van der Waals surface area (Å²) in [5, 5.41) is 13.0. The maximum Gasteiger partial charge on any atom is 0.115 e. The number of hydrogen-bond donors (Lipinski definition) is 2. The largest absolute Gasteiger partial charge is 0.508 e. The first kappa shape index (κ1) is 14.8. The molecule has 4 heteroatoms. The molecule has 0 radical (unpaired) electrons. The van der Waals surface area contributed by atoms with Crippen LogP contribution in [0.15, 0.2) is 24.3 Å². The standard InChI is InChI=1S/C17H27N3O/c21-17-3-1-2-16(12-17)14-20-10-8-19(9-11-20)13-15-4-6-18-7-5-15/h1-3,12,15,18,21H,4-11,13-14H2. The zero-order chi connectivity index (χ0) is 14.5. The molecule has 0 saturated carbocycles. The van der Waals surface area contributed by atoms with Gasteiger partial charge in [0.15, 0.2) is 0 Å². The molecule has 0 aliphatic carbocycles. The number of benzene rings is 1. The van der Waals surface area contributed by atoms with Crippen molar-refractivity contribution in [1.82, 2.24) is 15.1 Å². The third-order valence-corrected chi connectivity index (χ3v) is 4.76. The van der Waals surface area contributed by atoms with E-state index in [1.54, 1.807) is 6.07 Å². The fourth-order valence-electron chi connectivity index (χ4n) is 3.47. The van der Waals surface area contributed by atoms with Crippen molar-refractivity contribution in [2.75, 3.05) is 45.8 Å². The van der Waals surface area contributed by atoms with E-state index in [4.69, 9.17) is 0 Å². The quantitative estimate of drug-likeness (QED) is 0.881. The third-order valence-electron chi connectivity index (χ3n) is 4.76. The first-order valence-electron chi connectivity index (χ1n) is 8.23. The normalized spacial score (nSPS) is 22.5. The smallest absolute Gasteiger partial charge is 0.115 e. The number of nitrogens with zero attached hydrogens (tertiary/aromatic N) is 2. The van der Waals surface area contributed by atoms with Gasteiger partial charge in [-0.25, -0.2) is 0 Å². The van der Waals surface area contributed by atoms with E-state index < -0.39 is 0 Å². The number of piperazine rings is 1. The summed E-state index contributed by atoms with van der Waals surface area (Å²) in [5.74, 6) is 1.26. The number of phenols is 1. The average molecular weight is 289 g/mol. The van der Waals surface area contributed by atoms with E-state index in [1.165, 1.54) is 51.1 Å². The van der Waals surface area contributed by atoms with Gasteiger partial charge in [0.25, 0.3) is 0 Å². The molecule has 1 aromatic rings. The summed E-state index contributed by atoms with van der Waals surface area (Å²) < 4.78 is 0. The number of hydrogen-bond acceptors (Lipinski definition) is 4. The zero-order valence-corrected chi connectivity index (χ0v) is 12.8. The minimum atomic E-state index is 0.372. The van der Waals surface area contributed by atoms with Crippen LogP contribution in [0.5, 0.6) is 5.75 Å². The second-order valence-corrected chi connectivity index (χ2v) is 6.44. The fourth-order valence-corrected chi connectivity index (χ4v) is 3.47. The Morgan fingerprint density at radius 3 is 2.48 bits per heavy atom. The van der Waals surface area contributed by atoms with Gasteiger partial charge < -0.3 is 15.3 Å². The minimum Gasteiger partial charge on any atom is -0.508 e. The number of aromatic hydroxyl groups is 1. The molecule has 1 aromatic carbocycles.